The van der Waals surface area contributed by atoms with Crippen molar-refractivity contribution in [3.8, 4) is 0 Å². The fraction of sp³-hybridized carbons (Fsp3) is 0.308. The first kappa shape index (κ1) is 12.5. The molecular weight excluding hydrogens is 260 g/mol. The fourth-order valence-corrected chi connectivity index (χ4v) is 2.35. The molecule has 2 amide bonds. The molecule has 7 heteroatoms. The molecular formula is C13H14N4O3. The van der Waals surface area contributed by atoms with Crippen LogP contribution in [0.3, 0.4) is 0 Å². The summed E-state index contributed by atoms with van der Waals surface area (Å²) in [4.78, 5) is 28.5. The lowest BCUT2D eigenvalue weighted by Gasteiger charge is -2.14. The molecule has 0 fully saturated rings. The number of aliphatic carboxylic acids is 1. The summed E-state index contributed by atoms with van der Waals surface area (Å²) in [5, 5.41) is 11.2. The van der Waals surface area contributed by atoms with E-state index in [2.05, 4.69) is 10.3 Å². The van der Waals surface area contributed by atoms with Gasteiger partial charge < -0.3 is 15.0 Å². The zero-order valence-electron chi connectivity index (χ0n) is 10.7. The van der Waals surface area contributed by atoms with Gasteiger partial charge in [0.2, 0.25) is 5.95 Å². The molecule has 1 aromatic heterocycles. The van der Waals surface area contributed by atoms with E-state index in [4.69, 9.17) is 5.11 Å². The second-order valence-electron chi connectivity index (χ2n) is 4.58. The zero-order valence-corrected chi connectivity index (χ0v) is 10.7. The minimum atomic E-state index is -0.932. The normalized spacial score (nSPS) is 13.5. The molecule has 0 unspecified atom stereocenters. The molecule has 0 saturated carbocycles. The van der Waals surface area contributed by atoms with Crippen molar-refractivity contribution in [2.24, 2.45) is 0 Å². The first-order valence-corrected chi connectivity index (χ1v) is 6.39. The number of anilines is 1. The maximum Gasteiger partial charge on any atom is 0.324 e. The number of carbonyl (C=O) groups is 2. The van der Waals surface area contributed by atoms with Crippen molar-refractivity contribution < 1.29 is 14.7 Å². The van der Waals surface area contributed by atoms with Crippen molar-refractivity contribution in [3.05, 3.63) is 24.3 Å². The predicted octanol–water partition coefficient (Wildman–Crippen LogP) is 1.04. The van der Waals surface area contributed by atoms with Crippen LogP contribution in [-0.2, 0) is 11.3 Å². The number of hydrogen-bond acceptors (Lipinski definition) is 3. The first-order valence-electron chi connectivity index (χ1n) is 6.39. The van der Waals surface area contributed by atoms with Gasteiger partial charge in [-0.25, -0.2) is 9.78 Å². The highest BCUT2D eigenvalue weighted by Gasteiger charge is 2.27. The van der Waals surface area contributed by atoms with Gasteiger partial charge in [-0.2, -0.15) is 0 Å². The van der Waals surface area contributed by atoms with E-state index < -0.39 is 5.97 Å². The van der Waals surface area contributed by atoms with Gasteiger partial charge in [0.25, 0.3) is 0 Å². The van der Waals surface area contributed by atoms with Crippen molar-refractivity contribution >= 4 is 29.0 Å². The van der Waals surface area contributed by atoms with Crippen LogP contribution < -0.4 is 10.2 Å². The average molecular weight is 274 g/mol. The number of imidazole rings is 1. The first-order chi connectivity index (χ1) is 9.66. The van der Waals surface area contributed by atoms with E-state index in [0.717, 1.165) is 11.0 Å². The smallest absolute Gasteiger partial charge is 0.324 e. The SMILES string of the molecule is O=C(O)CCNC(=O)N1CCn2c1nc1ccccc12. The summed E-state index contributed by atoms with van der Waals surface area (Å²) in [6, 6.07) is 7.41. The average Bonchev–Trinajstić information content (AvgIpc) is 2.96. The summed E-state index contributed by atoms with van der Waals surface area (Å²) in [5.41, 5.74) is 1.86. The third-order valence-corrected chi connectivity index (χ3v) is 3.28. The Hall–Kier alpha value is -2.57. The Morgan fingerprint density at radius 2 is 2.10 bits per heavy atom. The van der Waals surface area contributed by atoms with E-state index in [1.54, 1.807) is 4.90 Å². The van der Waals surface area contributed by atoms with Gasteiger partial charge in [0.15, 0.2) is 0 Å². The standard InChI is InChI=1S/C13H14N4O3/c18-11(19)5-6-14-13(20)17-8-7-16-10-4-2-1-3-9(10)15-12(16)17/h1-4H,5-8H2,(H,14,20)(H,18,19). The zero-order chi connectivity index (χ0) is 14.1. The molecule has 0 saturated heterocycles. The lowest BCUT2D eigenvalue weighted by Crippen LogP contribution is -2.40. The topological polar surface area (TPSA) is 87.5 Å². The molecule has 0 atom stereocenters. The number of nitrogens with zero attached hydrogens (tertiary/aromatic N) is 3. The van der Waals surface area contributed by atoms with Crippen molar-refractivity contribution in [1.29, 1.82) is 0 Å². The largest absolute Gasteiger partial charge is 0.481 e. The van der Waals surface area contributed by atoms with Crippen LogP contribution in [0.25, 0.3) is 11.0 Å². The molecule has 0 spiro atoms. The summed E-state index contributed by atoms with van der Waals surface area (Å²) >= 11 is 0. The van der Waals surface area contributed by atoms with E-state index in [1.165, 1.54) is 0 Å². The van der Waals surface area contributed by atoms with E-state index in [-0.39, 0.29) is 19.0 Å². The number of urea groups is 1. The van der Waals surface area contributed by atoms with Crippen molar-refractivity contribution in [1.82, 2.24) is 14.9 Å². The molecule has 2 N–H and O–H groups in total. The molecule has 0 bridgehead atoms. The number of amides is 2. The van der Waals surface area contributed by atoms with Gasteiger partial charge in [-0.05, 0) is 12.1 Å². The molecule has 2 aromatic rings. The van der Waals surface area contributed by atoms with Crippen LogP contribution in [0, 0.1) is 0 Å². The Morgan fingerprint density at radius 3 is 2.90 bits per heavy atom. The highest BCUT2D eigenvalue weighted by atomic mass is 16.4. The Balaban J connectivity index is 1.78. The fourth-order valence-electron chi connectivity index (χ4n) is 2.35. The van der Waals surface area contributed by atoms with Gasteiger partial charge in [-0.15, -0.1) is 0 Å². The number of nitrogens with one attached hydrogen (secondary N) is 1. The van der Waals surface area contributed by atoms with E-state index in [0.29, 0.717) is 19.0 Å². The van der Waals surface area contributed by atoms with Gasteiger partial charge in [0.05, 0.1) is 17.5 Å². The molecule has 0 radical (unpaired) electrons. The highest BCUT2D eigenvalue weighted by molar-refractivity contribution is 5.93. The summed E-state index contributed by atoms with van der Waals surface area (Å²) in [6.07, 6.45) is -0.0873. The van der Waals surface area contributed by atoms with Crippen LogP contribution in [0.5, 0.6) is 0 Å². The molecule has 0 aliphatic carbocycles. The lowest BCUT2D eigenvalue weighted by atomic mass is 10.3. The van der Waals surface area contributed by atoms with Gasteiger partial charge in [0.1, 0.15) is 0 Å². The van der Waals surface area contributed by atoms with Gasteiger partial charge >= 0.3 is 12.0 Å². The van der Waals surface area contributed by atoms with Crippen LogP contribution >= 0.6 is 0 Å². The molecule has 2 heterocycles. The van der Waals surface area contributed by atoms with Crippen LogP contribution in [0.4, 0.5) is 10.7 Å². The number of carboxylic acid groups (broad SMARTS) is 1. The van der Waals surface area contributed by atoms with Crippen molar-refractivity contribution in [3.63, 3.8) is 0 Å². The third kappa shape index (κ3) is 2.07. The number of fused-ring (bicyclic) bond motifs is 3. The second kappa shape index (κ2) is 4.84. The van der Waals surface area contributed by atoms with Crippen LogP contribution in [-0.4, -0.2) is 39.7 Å². The quantitative estimate of drug-likeness (QED) is 0.875. The highest BCUT2D eigenvalue weighted by Crippen LogP contribution is 2.26. The molecule has 1 aliphatic rings. The Bertz CT molecular complexity index is 679. The minimum Gasteiger partial charge on any atom is -0.481 e. The van der Waals surface area contributed by atoms with Crippen LogP contribution in [0.1, 0.15) is 6.42 Å². The number of hydrogen-bond donors (Lipinski definition) is 2. The molecule has 104 valence electrons. The molecule has 7 nitrogen and oxygen atoms in total. The summed E-state index contributed by atoms with van der Waals surface area (Å²) in [6.45, 7) is 1.36. The molecule has 3 rings (SSSR count). The Morgan fingerprint density at radius 1 is 1.30 bits per heavy atom. The lowest BCUT2D eigenvalue weighted by molar-refractivity contribution is -0.136. The van der Waals surface area contributed by atoms with Crippen LogP contribution in [0.15, 0.2) is 24.3 Å². The molecule has 1 aliphatic heterocycles. The van der Waals surface area contributed by atoms with E-state index in [1.807, 2.05) is 28.8 Å². The number of benzene rings is 1. The minimum absolute atomic E-state index is 0.0873. The number of carbonyl (C=O) groups excluding carboxylic acids is 1. The summed E-state index contributed by atoms with van der Waals surface area (Å²) in [5.74, 6) is -0.321. The van der Waals surface area contributed by atoms with Gasteiger partial charge in [-0.1, -0.05) is 12.1 Å². The molecule has 1 aromatic carbocycles. The number of rotatable bonds is 3. The third-order valence-electron chi connectivity index (χ3n) is 3.28. The number of carboxylic acids is 1. The second-order valence-corrected chi connectivity index (χ2v) is 4.58. The Labute approximate surface area is 114 Å². The molecule has 20 heavy (non-hydrogen) atoms. The monoisotopic (exact) mass is 274 g/mol. The summed E-state index contributed by atoms with van der Waals surface area (Å²) in [7, 11) is 0. The maximum atomic E-state index is 12.0. The number of aromatic nitrogens is 2. The van der Waals surface area contributed by atoms with Crippen molar-refractivity contribution in [2.75, 3.05) is 18.0 Å². The van der Waals surface area contributed by atoms with E-state index in [9.17, 15) is 9.59 Å². The predicted molar refractivity (Wildman–Crippen MR) is 72.7 cm³/mol. The summed E-state index contributed by atoms with van der Waals surface area (Å²) < 4.78 is 1.99. The van der Waals surface area contributed by atoms with Crippen molar-refractivity contribution in [2.45, 2.75) is 13.0 Å². The number of para-hydroxylation sites is 2. The Kier molecular flexibility index (Phi) is 3.02. The van der Waals surface area contributed by atoms with E-state index >= 15 is 0 Å². The van der Waals surface area contributed by atoms with Gasteiger partial charge in [0, 0.05) is 19.6 Å². The van der Waals surface area contributed by atoms with Gasteiger partial charge in [-0.3, -0.25) is 9.69 Å². The maximum absolute atomic E-state index is 12.0. The van der Waals surface area contributed by atoms with Crippen LogP contribution in [0.2, 0.25) is 0 Å².